The van der Waals surface area contributed by atoms with Crippen molar-refractivity contribution in [3.8, 4) is 5.75 Å². The molecular formula is C24H21NO5. The topological polar surface area (TPSA) is 81.7 Å². The predicted molar refractivity (Wildman–Crippen MR) is 113 cm³/mol. The Labute approximate surface area is 174 Å². The molecule has 0 aliphatic heterocycles. The molecule has 6 nitrogen and oxygen atoms in total. The van der Waals surface area contributed by atoms with E-state index in [1.807, 2.05) is 19.1 Å². The van der Waals surface area contributed by atoms with Crippen molar-refractivity contribution in [1.82, 2.24) is 0 Å². The molecule has 0 radical (unpaired) electrons. The van der Waals surface area contributed by atoms with Gasteiger partial charge in [0.25, 0.3) is 5.91 Å². The van der Waals surface area contributed by atoms with Gasteiger partial charge in [0.2, 0.25) is 0 Å². The Balaban J connectivity index is 1.54. The molecule has 3 rings (SSSR count). The van der Waals surface area contributed by atoms with Crippen LogP contribution in [0.4, 0.5) is 5.69 Å². The molecule has 30 heavy (non-hydrogen) atoms. The number of esters is 1. The molecule has 3 aromatic rings. The second-order valence-electron chi connectivity index (χ2n) is 6.63. The number of carbonyl (C=O) groups excluding carboxylic acids is 3. The van der Waals surface area contributed by atoms with Crippen molar-refractivity contribution < 1.29 is 23.9 Å². The van der Waals surface area contributed by atoms with Gasteiger partial charge in [-0.25, -0.2) is 4.79 Å². The van der Waals surface area contributed by atoms with Crippen LogP contribution in [0.1, 0.15) is 36.6 Å². The Hall–Kier alpha value is -3.93. The van der Waals surface area contributed by atoms with E-state index in [2.05, 4.69) is 5.32 Å². The number of Topliss-reactive ketones (excluding diaryl/α,β-unsaturated/α-hetero) is 1. The minimum Gasteiger partial charge on any atom is -0.497 e. The molecule has 1 N–H and O–H groups in total. The van der Waals surface area contributed by atoms with Crippen molar-refractivity contribution in [3.63, 3.8) is 0 Å². The van der Waals surface area contributed by atoms with Gasteiger partial charge in [-0.3, -0.25) is 9.59 Å². The number of anilines is 1. The van der Waals surface area contributed by atoms with Crippen molar-refractivity contribution in [3.05, 3.63) is 95.1 Å². The molecule has 0 saturated heterocycles. The Morgan fingerprint density at radius 2 is 1.33 bits per heavy atom. The van der Waals surface area contributed by atoms with Gasteiger partial charge in [-0.05, 0) is 67.6 Å². The average Bonchev–Trinajstić information content (AvgIpc) is 2.78. The molecule has 3 aromatic carbocycles. The molecule has 0 spiro atoms. The van der Waals surface area contributed by atoms with Gasteiger partial charge in [-0.1, -0.05) is 17.7 Å². The number of amides is 1. The van der Waals surface area contributed by atoms with Crippen molar-refractivity contribution in [2.75, 3.05) is 19.0 Å². The number of nitrogens with one attached hydrogen (secondary N) is 1. The van der Waals surface area contributed by atoms with Crippen LogP contribution in [0, 0.1) is 6.92 Å². The summed E-state index contributed by atoms with van der Waals surface area (Å²) >= 11 is 0. The summed E-state index contributed by atoms with van der Waals surface area (Å²) < 4.78 is 10.1. The molecule has 0 aromatic heterocycles. The summed E-state index contributed by atoms with van der Waals surface area (Å²) in [6, 6.07) is 20.0. The summed E-state index contributed by atoms with van der Waals surface area (Å²) in [6.45, 7) is 1.58. The average molecular weight is 403 g/mol. The van der Waals surface area contributed by atoms with Gasteiger partial charge >= 0.3 is 5.97 Å². The minimum atomic E-state index is -0.617. The molecule has 1 amide bonds. The van der Waals surface area contributed by atoms with Crippen molar-refractivity contribution >= 4 is 23.3 Å². The van der Waals surface area contributed by atoms with Crippen LogP contribution in [-0.2, 0) is 4.74 Å². The zero-order valence-corrected chi connectivity index (χ0v) is 16.7. The first-order valence-corrected chi connectivity index (χ1v) is 9.29. The lowest BCUT2D eigenvalue weighted by molar-refractivity contribution is 0.0474. The Bertz CT molecular complexity index is 1040. The highest BCUT2D eigenvalue weighted by molar-refractivity contribution is 6.04. The van der Waals surface area contributed by atoms with Gasteiger partial charge in [0, 0.05) is 16.8 Å². The number of benzene rings is 3. The minimum absolute atomic E-state index is 0.240. The van der Waals surface area contributed by atoms with Gasteiger partial charge in [-0.2, -0.15) is 0 Å². The number of rotatable bonds is 7. The van der Waals surface area contributed by atoms with E-state index in [9.17, 15) is 14.4 Å². The molecule has 0 atom stereocenters. The highest BCUT2D eigenvalue weighted by Crippen LogP contribution is 2.14. The summed E-state index contributed by atoms with van der Waals surface area (Å²) in [5, 5.41) is 2.77. The van der Waals surface area contributed by atoms with Crippen LogP contribution < -0.4 is 10.1 Å². The molecule has 0 aliphatic carbocycles. The van der Waals surface area contributed by atoms with E-state index >= 15 is 0 Å². The third-order valence-corrected chi connectivity index (χ3v) is 4.44. The molecule has 0 fully saturated rings. The van der Waals surface area contributed by atoms with E-state index in [1.165, 1.54) is 19.2 Å². The maximum atomic E-state index is 12.2. The first-order chi connectivity index (χ1) is 14.5. The van der Waals surface area contributed by atoms with Crippen LogP contribution in [0.3, 0.4) is 0 Å². The van der Waals surface area contributed by atoms with Gasteiger partial charge in [0.1, 0.15) is 5.75 Å². The van der Waals surface area contributed by atoms with Crippen molar-refractivity contribution in [2.24, 2.45) is 0 Å². The maximum absolute atomic E-state index is 12.2. The van der Waals surface area contributed by atoms with Crippen LogP contribution in [0.2, 0.25) is 0 Å². The first kappa shape index (κ1) is 20.8. The van der Waals surface area contributed by atoms with Crippen LogP contribution in [-0.4, -0.2) is 31.4 Å². The molecule has 0 saturated carbocycles. The molecular weight excluding hydrogens is 382 g/mol. The fourth-order valence-corrected chi connectivity index (χ4v) is 2.67. The largest absolute Gasteiger partial charge is 0.497 e. The van der Waals surface area contributed by atoms with E-state index in [0.717, 1.165) is 5.56 Å². The maximum Gasteiger partial charge on any atom is 0.338 e. The van der Waals surface area contributed by atoms with Gasteiger partial charge in [0.15, 0.2) is 12.4 Å². The molecule has 0 unspecified atom stereocenters. The Morgan fingerprint density at radius 1 is 0.767 bits per heavy atom. The van der Waals surface area contributed by atoms with Crippen LogP contribution in [0.15, 0.2) is 72.8 Å². The highest BCUT2D eigenvalue weighted by atomic mass is 16.5. The number of hydrogen-bond donors (Lipinski definition) is 1. The third kappa shape index (κ3) is 5.32. The lowest BCUT2D eigenvalue weighted by Gasteiger charge is -2.08. The van der Waals surface area contributed by atoms with E-state index < -0.39 is 5.97 Å². The normalized spacial score (nSPS) is 10.2. The molecule has 0 aliphatic rings. The fourth-order valence-electron chi connectivity index (χ4n) is 2.67. The van der Waals surface area contributed by atoms with Gasteiger partial charge in [0.05, 0.1) is 12.7 Å². The van der Waals surface area contributed by atoms with Crippen molar-refractivity contribution in [1.29, 1.82) is 0 Å². The summed E-state index contributed by atoms with van der Waals surface area (Å²) in [7, 11) is 1.54. The number of ketones is 1. The van der Waals surface area contributed by atoms with E-state index in [4.69, 9.17) is 9.47 Å². The second-order valence-corrected chi connectivity index (χ2v) is 6.63. The highest BCUT2D eigenvalue weighted by Gasteiger charge is 2.13. The summed E-state index contributed by atoms with van der Waals surface area (Å²) in [6.07, 6.45) is 0. The van der Waals surface area contributed by atoms with Gasteiger partial charge < -0.3 is 14.8 Å². The van der Waals surface area contributed by atoms with E-state index in [1.54, 1.807) is 48.5 Å². The Morgan fingerprint density at radius 3 is 1.93 bits per heavy atom. The number of aryl methyl sites for hydroxylation is 1. The molecule has 6 heteroatoms. The number of methoxy groups -OCH3 is 1. The summed E-state index contributed by atoms with van der Waals surface area (Å²) in [5.41, 5.74) is 2.87. The van der Waals surface area contributed by atoms with Gasteiger partial charge in [-0.15, -0.1) is 0 Å². The lowest BCUT2D eigenvalue weighted by Crippen LogP contribution is -2.15. The third-order valence-electron chi connectivity index (χ3n) is 4.44. The van der Waals surface area contributed by atoms with Crippen molar-refractivity contribution in [2.45, 2.75) is 6.92 Å². The lowest BCUT2D eigenvalue weighted by atomic mass is 10.1. The number of ether oxygens (including phenoxy) is 2. The predicted octanol–water partition coefficient (Wildman–Crippen LogP) is 4.30. The number of carbonyl (C=O) groups is 3. The zero-order chi connectivity index (χ0) is 21.5. The van der Waals surface area contributed by atoms with E-state index in [-0.39, 0.29) is 23.9 Å². The monoisotopic (exact) mass is 403 g/mol. The second kappa shape index (κ2) is 9.52. The zero-order valence-electron chi connectivity index (χ0n) is 16.7. The van der Waals surface area contributed by atoms with Crippen LogP contribution >= 0.6 is 0 Å². The molecule has 152 valence electrons. The van der Waals surface area contributed by atoms with Crippen LogP contribution in [0.25, 0.3) is 0 Å². The summed E-state index contributed by atoms with van der Waals surface area (Å²) in [5.74, 6) is -0.533. The summed E-state index contributed by atoms with van der Waals surface area (Å²) in [4.78, 5) is 36.6. The smallest absolute Gasteiger partial charge is 0.338 e. The standard InChI is InChI=1S/C24H21NO5/c1-16-3-5-18(6-4-16)23(27)25-20-11-7-19(8-12-20)24(28)30-15-22(26)17-9-13-21(29-2)14-10-17/h3-14H,15H2,1-2H3,(H,25,27). The molecule has 0 heterocycles. The Kier molecular flexibility index (Phi) is 6.60. The first-order valence-electron chi connectivity index (χ1n) is 9.29. The van der Waals surface area contributed by atoms with E-state index in [0.29, 0.717) is 22.6 Å². The fraction of sp³-hybridized carbons (Fsp3) is 0.125. The quantitative estimate of drug-likeness (QED) is 0.470. The SMILES string of the molecule is COc1ccc(C(=O)COC(=O)c2ccc(NC(=O)c3ccc(C)cc3)cc2)cc1. The number of hydrogen-bond acceptors (Lipinski definition) is 5. The van der Waals surface area contributed by atoms with Crippen LogP contribution in [0.5, 0.6) is 5.75 Å². The molecule has 0 bridgehead atoms.